The Kier molecular flexibility index (Phi) is 4.63. The Morgan fingerprint density at radius 1 is 1.12 bits per heavy atom. The molecule has 0 fully saturated rings. The maximum absolute atomic E-state index is 12.7. The summed E-state index contributed by atoms with van der Waals surface area (Å²) in [6, 6.07) is 8.12. The topological polar surface area (TPSA) is 110 Å². The number of fused-ring (bicyclic) bond motifs is 1. The van der Waals surface area contributed by atoms with Crippen molar-refractivity contribution in [2.45, 2.75) is 23.2 Å². The van der Waals surface area contributed by atoms with Gasteiger partial charge in [0.2, 0.25) is 0 Å². The molecule has 1 aromatic heterocycles. The van der Waals surface area contributed by atoms with Crippen LogP contribution in [0.15, 0.2) is 35.2 Å². The molecule has 0 spiro atoms. The molecule has 3 rings (SSSR count). The van der Waals surface area contributed by atoms with E-state index in [9.17, 15) is 30.7 Å². The summed E-state index contributed by atoms with van der Waals surface area (Å²) >= 11 is 0. The van der Waals surface area contributed by atoms with Crippen LogP contribution in [0.1, 0.15) is 12.1 Å². The van der Waals surface area contributed by atoms with Gasteiger partial charge in [0.25, 0.3) is 5.88 Å². The minimum absolute atomic E-state index is 0.0532. The van der Waals surface area contributed by atoms with Crippen molar-refractivity contribution in [3.8, 4) is 17.3 Å². The Balaban J connectivity index is 2.20. The first kappa shape index (κ1) is 18.9. The summed E-state index contributed by atoms with van der Waals surface area (Å²) in [7, 11) is -9.60. The summed E-state index contributed by atoms with van der Waals surface area (Å²) in [4.78, 5) is 7.42. The molecule has 0 amide bonds. The van der Waals surface area contributed by atoms with Crippen LogP contribution in [-0.4, -0.2) is 38.8 Å². The molecule has 0 atom stereocenters. The summed E-state index contributed by atoms with van der Waals surface area (Å²) in [6.45, 7) is 0. The average Bonchev–Trinajstić information content (AvgIpc) is 2.53. The highest BCUT2D eigenvalue weighted by Crippen LogP contribution is 2.57. The predicted molar refractivity (Wildman–Crippen MR) is 87.4 cm³/mol. The normalized spacial score (nSPS) is 18.0. The van der Waals surface area contributed by atoms with E-state index in [1.807, 2.05) is 0 Å². The molecular formula is C14H13F3N2O5S2. The Morgan fingerprint density at radius 3 is 2.38 bits per heavy atom. The van der Waals surface area contributed by atoms with Gasteiger partial charge in [-0.05, 0) is 12.8 Å². The van der Waals surface area contributed by atoms with E-state index in [2.05, 4.69) is 14.2 Å². The Labute approximate surface area is 148 Å². The number of aromatic nitrogens is 2. The number of halogens is 3. The Bertz CT molecular complexity index is 934. The van der Waals surface area contributed by atoms with Gasteiger partial charge in [-0.25, -0.2) is 4.98 Å². The van der Waals surface area contributed by atoms with Crippen LogP contribution < -0.4 is 4.18 Å². The van der Waals surface area contributed by atoms with Crippen molar-refractivity contribution in [1.29, 1.82) is 0 Å². The highest BCUT2D eigenvalue weighted by molar-refractivity contribution is 8.24. The minimum Gasteiger partial charge on any atom is -0.353 e. The number of aryl methyl sites for hydroxylation is 1. The van der Waals surface area contributed by atoms with Gasteiger partial charge in [-0.1, -0.05) is 30.3 Å². The third kappa shape index (κ3) is 3.49. The zero-order chi connectivity index (χ0) is 19.2. The SMILES string of the molecule is O=S(=O)(Oc1nc(-c2ccccc2)nc2c1S(O)(O)CCC2)C(F)(F)F. The predicted octanol–water partition coefficient (Wildman–Crippen LogP) is 3.43. The number of hydrogen-bond acceptors (Lipinski definition) is 7. The van der Waals surface area contributed by atoms with Crippen LogP contribution in [0.3, 0.4) is 0 Å². The number of hydrogen-bond donors (Lipinski definition) is 2. The number of nitrogens with zero attached hydrogens (tertiary/aromatic N) is 2. The molecule has 0 saturated carbocycles. The first-order chi connectivity index (χ1) is 12.0. The standard InChI is InChI=1S/C14H13F3N2O5S2/c15-14(16,17)26(22,23)24-13-11-10(7-4-8-25(11,20)21)18-12(19-13)9-5-2-1-3-6-9/h1-3,5-6,20-21H,4,7-8H2. The molecule has 2 aromatic rings. The first-order valence-electron chi connectivity index (χ1n) is 7.24. The Morgan fingerprint density at radius 2 is 1.77 bits per heavy atom. The molecule has 1 aromatic carbocycles. The van der Waals surface area contributed by atoms with Crippen molar-refractivity contribution in [2.24, 2.45) is 0 Å². The van der Waals surface area contributed by atoms with E-state index in [4.69, 9.17) is 0 Å². The van der Waals surface area contributed by atoms with Gasteiger partial charge in [0, 0.05) is 11.3 Å². The van der Waals surface area contributed by atoms with Crippen LogP contribution in [0.4, 0.5) is 13.2 Å². The van der Waals surface area contributed by atoms with Crippen molar-refractivity contribution < 1.29 is 34.9 Å². The fourth-order valence-corrected chi connectivity index (χ4v) is 4.56. The third-order valence-electron chi connectivity index (χ3n) is 3.58. The van der Waals surface area contributed by atoms with Gasteiger partial charge in [0.15, 0.2) is 5.82 Å². The Hall–Kier alpha value is -1.89. The lowest BCUT2D eigenvalue weighted by Crippen LogP contribution is -2.29. The van der Waals surface area contributed by atoms with Crippen molar-refractivity contribution in [1.82, 2.24) is 9.97 Å². The van der Waals surface area contributed by atoms with Crippen molar-refractivity contribution in [3.05, 3.63) is 36.0 Å². The summed E-state index contributed by atoms with van der Waals surface area (Å²) in [5.74, 6) is -1.23. The molecule has 12 heteroatoms. The lowest BCUT2D eigenvalue weighted by atomic mass is 10.2. The van der Waals surface area contributed by atoms with Crippen LogP contribution in [-0.2, 0) is 16.5 Å². The van der Waals surface area contributed by atoms with Crippen LogP contribution in [0.2, 0.25) is 0 Å². The van der Waals surface area contributed by atoms with E-state index in [-0.39, 0.29) is 23.7 Å². The highest BCUT2D eigenvalue weighted by Gasteiger charge is 2.50. The summed E-state index contributed by atoms with van der Waals surface area (Å²) in [5, 5.41) is 0. The second-order valence-corrected chi connectivity index (χ2v) is 9.14. The molecule has 2 heterocycles. The molecule has 0 bridgehead atoms. The maximum atomic E-state index is 12.7. The summed E-state index contributed by atoms with van der Waals surface area (Å²) in [5.41, 5.74) is -5.22. The van der Waals surface area contributed by atoms with E-state index in [1.165, 1.54) is 0 Å². The van der Waals surface area contributed by atoms with Crippen LogP contribution in [0.25, 0.3) is 11.4 Å². The monoisotopic (exact) mass is 410 g/mol. The van der Waals surface area contributed by atoms with E-state index >= 15 is 0 Å². The number of rotatable bonds is 3. The fourth-order valence-electron chi connectivity index (χ4n) is 2.44. The van der Waals surface area contributed by atoms with Gasteiger partial charge in [-0.15, -0.1) is 0 Å². The molecule has 0 radical (unpaired) electrons. The lowest BCUT2D eigenvalue weighted by Gasteiger charge is -2.37. The number of benzene rings is 1. The van der Waals surface area contributed by atoms with Gasteiger partial charge in [-0.2, -0.15) is 37.2 Å². The second kappa shape index (κ2) is 6.37. The molecule has 142 valence electrons. The summed E-state index contributed by atoms with van der Waals surface area (Å²) in [6.07, 6.45) is 0.544. The van der Waals surface area contributed by atoms with E-state index in [0.29, 0.717) is 12.0 Å². The van der Waals surface area contributed by atoms with E-state index in [0.717, 1.165) is 0 Å². The quantitative estimate of drug-likeness (QED) is 0.589. The smallest absolute Gasteiger partial charge is 0.353 e. The zero-order valence-electron chi connectivity index (χ0n) is 13.0. The van der Waals surface area contributed by atoms with E-state index < -0.39 is 37.0 Å². The highest BCUT2D eigenvalue weighted by atomic mass is 32.3. The van der Waals surface area contributed by atoms with Crippen LogP contribution >= 0.6 is 10.6 Å². The molecular weight excluding hydrogens is 397 g/mol. The first-order valence-corrected chi connectivity index (χ1v) is 10.4. The van der Waals surface area contributed by atoms with E-state index in [1.54, 1.807) is 30.3 Å². The molecule has 1 aliphatic heterocycles. The summed E-state index contributed by atoms with van der Waals surface area (Å²) < 4.78 is 85.4. The fraction of sp³-hybridized carbons (Fsp3) is 0.286. The largest absolute Gasteiger partial charge is 0.534 e. The van der Waals surface area contributed by atoms with Crippen molar-refractivity contribution in [3.63, 3.8) is 0 Å². The second-order valence-electron chi connectivity index (χ2n) is 5.45. The third-order valence-corrected chi connectivity index (χ3v) is 6.44. The van der Waals surface area contributed by atoms with Gasteiger partial charge in [0.1, 0.15) is 4.90 Å². The molecule has 7 nitrogen and oxygen atoms in total. The molecule has 0 aliphatic carbocycles. The van der Waals surface area contributed by atoms with Gasteiger partial charge in [0.05, 0.1) is 5.69 Å². The zero-order valence-corrected chi connectivity index (χ0v) is 14.6. The molecule has 1 aliphatic rings. The molecule has 0 unspecified atom stereocenters. The number of alkyl halides is 3. The molecule has 2 N–H and O–H groups in total. The minimum atomic E-state index is -6.03. The molecule has 26 heavy (non-hydrogen) atoms. The van der Waals surface area contributed by atoms with Gasteiger partial charge >= 0.3 is 15.6 Å². The molecule has 0 saturated heterocycles. The van der Waals surface area contributed by atoms with Crippen molar-refractivity contribution >= 4 is 20.7 Å². The van der Waals surface area contributed by atoms with Crippen LogP contribution in [0.5, 0.6) is 5.88 Å². The van der Waals surface area contributed by atoms with Crippen LogP contribution in [0, 0.1) is 0 Å². The van der Waals surface area contributed by atoms with Gasteiger partial charge in [-0.3, -0.25) is 9.11 Å². The lowest BCUT2D eigenvalue weighted by molar-refractivity contribution is -0.0502. The maximum Gasteiger partial charge on any atom is 0.534 e. The average molecular weight is 410 g/mol. The van der Waals surface area contributed by atoms with Crippen molar-refractivity contribution in [2.75, 3.05) is 5.75 Å². The van der Waals surface area contributed by atoms with Gasteiger partial charge < -0.3 is 4.18 Å².